The van der Waals surface area contributed by atoms with Crippen LogP contribution in [-0.4, -0.2) is 28.3 Å². The smallest absolute Gasteiger partial charge is 0.306 e. The molecular formula is C9H11NO4. The van der Waals surface area contributed by atoms with Gasteiger partial charge in [-0.05, 0) is 6.07 Å². The molecule has 0 aromatic carbocycles. The van der Waals surface area contributed by atoms with Crippen molar-refractivity contribution >= 4 is 5.97 Å². The molecule has 5 nitrogen and oxygen atoms in total. The summed E-state index contributed by atoms with van der Waals surface area (Å²) < 4.78 is 4.89. The molecule has 1 atom stereocenters. The summed E-state index contributed by atoms with van der Waals surface area (Å²) in [7, 11) is 1.48. The van der Waals surface area contributed by atoms with E-state index in [9.17, 15) is 9.90 Å². The minimum atomic E-state index is -1.06. The van der Waals surface area contributed by atoms with Gasteiger partial charge in [-0.2, -0.15) is 0 Å². The molecule has 0 saturated heterocycles. The van der Waals surface area contributed by atoms with Gasteiger partial charge in [0.25, 0.3) is 0 Å². The summed E-state index contributed by atoms with van der Waals surface area (Å²) in [4.78, 5) is 14.1. The van der Waals surface area contributed by atoms with Crippen LogP contribution in [0.15, 0.2) is 18.5 Å². The Kier molecular flexibility index (Phi) is 3.41. The summed E-state index contributed by atoms with van der Waals surface area (Å²) in [5, 5.41) is 17.9. The number of aliphatic hydroxyl groups excluding tert-OH is 1. The van der Waals surface area contributed by atoms with Gasteiger partial charge >= 0.3 is 5.97 Å². The molecule has 0 fully saturated rings. The van der Waals surface area contributed by atoms with E-state index in [-0.39, 0.29) is 6.42 Å². The molecule has 0 aliphatic carbocycles. The molecule has 1 aromatic rings. The van der Waals surface area contributed by atoms with E-state index >= 15 is 0 Å². The van der Waals surface area contributed by atoms with Gasteiger partial charge in [0.1, 0.15) is 5.75 Å². The Morgan fingerprint density at radius 3 is 2.93 bits per heavy atom. The van der Waals surface area contributed by atoms with Crippen LogP contribution in [-0.2, 0) is 4.79 Å². The van der Waals surface area contributed by atoms with Gasteiger partial charge in [-0.3, -0.25) is 9.78 Å². The Labute approximate surface area is 81.0 Å². The molecule has 5 heteroatoms. The lowest BCUT2D eigenvalue weighted by Gasteiger charge is -2.08. The van der Waals surface area contributed by atoms with E-state index in [1.807, 2.05) is 0 Å². The Morgan fingerprint density at radius 2 is 2.36 bits per heavy atom. The average Bonchev–Trinajstić information content (AvgIpc) is 2.17. The maximum atomic E-state index is 10.3. The van der Waals surface area contributed by atoms with Crippen LogP contribution in [0.3, 0.4) is 0 Å². The molecule has 0 spiro atoms. The first-order valence-electron chi connectivity index (χ1n) is 4.02. The van der Waals surface area contributed by atoms with Crippen LogP contribution in [0.2, 0.25) is 0 Å². The van der Waals surface area contributed by atoms with Gasteiger partial charge in [-0.1, -0.05) is 0 Å². The third kappa shape index (κ3) is 2.70. The summed E-state index contributed by atoms with van der Waals surface area (Å²) in [6, 6.07) is 1.56. The summed E-state index contributed by atoms with van der Waals surface area (Å²) in [6.07, 6.45) is 1.51. The fraction of sp³-hybridized carbons (Fsp3) is 0.333. The summed E-state index contributed by atoms with van der Waals surface area (Å²) >= 11 is 0. The van der Waals surface area contributed by atoms with Crippen molar-refractivity contribution in [3.05, 3.63) is 24.0 Å². The molecule has 1 aromatic heterocycles. The number of aliphatic hydroxyl groups is 1. The largest absolute Gasteiger partial charge is 0.495 e. The molecule has 0 saturated carbocycles. The highest BCUT2D eigenvalue weighted by molar-refractivity contribution is 5.67. The summed E-state index contributed by atoms with van der Waals surface area (Å²) in [5.41, 5.74) is 0.437. The van der Waals surface area contributed by atoms with Crippen LogP contribution >= 0.6 is 0 Å². The van der Waals surface area contributed by atoms with Crippen molar-refractivity contribution in [2.24, 2.45) is 0 Å². The molecule has 1 heterocycles. The molecule has 0 unspecified atom stereocenters. The number of carboxylic acid groups (broad SMARTS) is 1. The third-order valence-electron chi connectivity index (χ3n) is 1.72. The van der Waals surface area contributed by atoms with Gasteiger partial charge < -0.3 is 14.9 Å². The molecule has 1 rings (SSSR count). The van der Waals surface area contributed by atoms with Crippen molar-refractivity contribution in [3.8, 4) is 5.75 Å². The van der Waals surface area contributed by atoms with Crippen LogP contribution in [0.1, 0.15) is 18.1 Å². The predicted molar refractivity (Wildman–Crippen MR) is 48.0 cm³/mol. The molecule has 0 aliphatic heterocycles. The van der Waals surface area contributed by atoms with Crippen molar-refractivity contribution < 1.29 is 19.7 Å². The van der Waals surface area contributed by atoms with Gasteiger partial charge in [-0.25, -0.2) is 0 Å². The van der Waals surface area contributed by atoms with Gasteiger partial charge in [0.05, 0.1) is 25.8 Å². The number of hydrogen-bond acceptors (Lipinski definition) is 4. The Balaban J connectivity index is 2.78. The first-order valence-corrected chi connectivity index (χ1v) is 4.02. The van der Waals surface area contributed by atoms with Crippen LogP contribution < -0.4 is 4.74 Å². The minimum absolute atomic E-state index is 0.338. The number of rotatable bonds is 4. The Bertz CT molecular complexity index is 326. The highest BCUT2D eigenvalue weighted by Gasteiger charge is 2.12. The maximum Gasteiger partial charge on any atom is 0.306 e. The van der Waals surface area contributed by atoms with Gasteiger partial charge in [0.2, 0.25) is 0 Å². The van der Waals surface area contributed by atoms with Crippen molar-refractivity contribution in [1.82, 2.24) is 4.98 Å². The minimum Gasteiger partial charge on any atom is -0.495 e. The number of ether oxygens (including phenoxy) is 1. The number of carboxylic acids is 1. The molecule has 0 aliphatic rings. The highest BCUT2D eigenvalue weighted by Crippen LogP contribution is 2.19. The predicted octanol–water partition coefficient (Wildman–Crippen LogP) is 0.598. The molecule has 14 heavy (non-hydrogen) atoms. The summed E-state index contributed by atoms with van der Waals surface area (Å²) in [6.45, 7) is 0. The molecule has 76 valence electrons. The van der Waals surface area contributed by atoms with Crippen LogP contribution in [0.4, 0.5) is 0 Å². The fourth-order valence-electron chi connectivity index (χ4n) is 1.01. The van der Waals surface area contributed by atoms with Crippen LogP contribution in [0.25, 0.3) is 0 Å². The van der Waals surface area contributed by atoms with Crippen molar-refractivity contribution in [3.63, 3.8) is 0 Å². The lowest BCUT2D eigenvalue weighted by molar-refractivity contribution is -0.139. The molecular weight excluding hydrogens is 186 g/mol. The topological polar surface area (TPSA) is 79.7 Å². The second-order valence-corrected chi connectivity index (χ2v) is 2.77. The first kappa shape index (κ1) is 10.5. The lowest BCUT2D eigenvalue weighted by atomic mass is 10.1. The van der Waals surface area contributed by atoms with E-state index in [0.29, 0.717) is 11.3 Å². The second-order valence-electron chi connectivity index (χ2n) is 2.77. The summed E-state index contributed by atoms with van der Waals surface area (Å²) in [5.74, 6) is -0.563. The fourth-order valence-corrected chi connectivity index (χ4v) is 1.01. The molecule has 0 bridgehead atoms. The zero-order valence-corrected chi connectivity index (χ0v) is 7.67. The van der Waals surface area contributed by atoms with E-state index in [2.05, 4.69) is 4.98 Å². The quantitative estimate of drug-likeness (QED) is 0.738. The zero-order chi connectivity index (χ0) is 10.6. The van der Waals surface area contributed by atoms with E-state index in [1.54, 1.807) is 6.07 Å². The van der Waals surface area contributed by atoms with Gasteiger partial charge in [-0.15, -0.1) is 0 Å². The Morgan fingerprint density at radius 1 is 1.64 bits per heavy atom. The number of aliphatic carboxylic acids is 1. The van der Waals surface area contributed by atoms with Crippen LogP contribution in [0.5, 0.6) is 5.75 Å². The number of carbonyl (C=O) groups is 1. The second kappa shape index (κ2) is 4.57. The third-order valence-corrected chi connectivity index (χ3v) is 1.72. The maximum absolute atomic E-state index is 10.3. The van der Waals surface area contributed by atoms with Crippen molar-refractivity contribution in [2.75, 3.05) is 7.11 Å². The van der Waals surface area contributed by atoms with Gasteiger partial charge in [0.15, 0.2) is 0 Å². The Hall–Kier alpha value is -1.62. The SMILES string of the molecule is COc1cncc([C@H](O)CC(=O)O)c1. The number of pyridine rings is 1. The lowest BCUT2D eigenvalue weighted by Crippen LogP contribution is -2.05. The van der Waals surface area contributed by atoms with E-state index in [0.717, 1.165) is 0 Å². The number of aromatic nitrogens is 1. The zero-order valence-electron chi connectivity index (χ0n) is 7.67. The number of methoxy groups -OCH3 is 1. The van der Waals surface area contributed by atoms with E-state index < -0.39 is 12.1 Å². The van der Waals surface area contributed by atoms with E-state index in [1.165, 1.54) is 19.5 Å². The van der Waals surface area contributed by atoms with Crippen molar-refractivity contribution in [2.45, 2.75) is 12.5 Å². The standard InChI is InChI=1S/C9H11NO4/c1-14-7-2-6(4-10-5-7)8(11)3-9(12)13/h2,4-5,8,11H,3H2,1H3,(H,12,13)/t8-/m1/s1. The normalized spacial score (nSPS) is 12.1. The molecule has 0 amide bonds. The number of hydrogen-bond donors (Lipinski definition) is 2. The van der Waals surface area contributed by atoms with Crippen LogP contribution in [0, 0.1) is 0 Å². The highest BCUT2D eigenvalue weighted by atomic mass is 16.5. The first-order chi connectivity index (χ1) is 6.63. The average molecular weight is 197 g/mol. The number of nitrogens with zero attached hydrogens (tertiary/aromatic N) is 1. The molecule has 2 N–H and O–H groups in total. The van der Waals surface area contributed by atoms with Gasteiger partial charge in [0, 0.05) is 11.8 Å². The van der Waals surface area contributed by atoms with Crippen molar-refractivity contribution in [1.29, 1.82) is 0 Å². The van der Waals surface area contributed by atoms with E-state index in [4.69, 9.17) is 9.84 Å². The molecule has 0 radical (unpaired) electrons. The monoisotopic (exact) mass is 197 g/mol.